The second-order valence-electron chi connectivity index (χ2n) is 6.90. The number of para-hydroxylation sites is 1. The van der Waals surface area contributed by atoms with E-state index in [1.165, 1.54) is 17.8 Å². The van der Waals surface area contributed by atoms with Crippen molar-refractivity contribution < 1.29 is 20.1 Å². The maximum atomic E-state index is 11.1. The minimum absolute atomic E-state index is 0.177. The number of piperazine rings is 1. The Labute approximate surface area is 159 Å². The van der Waals surface area contributed by atoms with Crippen molar-refractivity contribution in [3.05, 3.63) is 59.7 Å². The normalized spacial score (nSPS) is 16.3. The summed E-state index contributed by atoms with van der Waals surface area (Å²) in [6.45, 7) is 4.88. The zero-order valence-corrected chi connectivity index (χ0v) is 15.3. The Hall–Kier alpha value is -2.57. The zero-order chi connectivity index (χ0) is 19.2. The molecule has 1 fully saturated rings. The van der Waals surface area contributed by atoms with Crippen LogP contribution in [0.5, 0.6) is 5.75 Å². The highest BCUT2D eigenvalue weighted by Crippen LogP contribution is 2.25. The van der Waals surface area contributed by atoms with E-state index in [0.29, 0.717) is 12.0 Å². The number of anilines is 1. The van der Waals surface area contributed by atoms with Crippen molar-refractivity contribution in [3.8, 4) is 5.75 Å². The number of aliphatic hydroxyl groups excluding tert-OH is 1. The minimum Gasteiger partial charge on any atom is -0.507 e. The average molecular weight is 370 g/mol. The summed E-state index contributed by atoms with van der Waals surface area (Å²) in [4.78, 5) is 15.9. The Kier molecular flexibility index (Phi) is 6.32. The third-order valence-corrected chi connectivity index (χ3v) is 5.08. The number of rotatable bonds is 7. The van der Waals surface area contributed by atoms with E-state index < -0.39 is 12.1 Å². The van der Waals surface area contributed by atoms with Gasteiger partial charge in [0.2, 0.25) is 0 Å². The first-order chi connectivity index (χ1) is 13.0. The summed E-state index contributed by atoms with van der Waals surface area (Å²) < 4.78 is 0. The lowest BCUT2D eigenvalue weighted by Crippen LogP contribution is -2.46. The lowest BCUT2D eigenvalue weighted by atomic mass is 10.0. The van der Waals surface area contributed by atoms with Gasteiger partial charge < -0.3 is 20.2 Å². The van der Waals surface area contributed by atoms with E-state index in [-0.39, 0.29) is 11.3 Å². The standard InChI is InChI=1S/C21H26N2O4/c24-19(16-8-9-20(25)18(15-16)21(26)27)7-4-10-22-11-13-23(14-12-22)17-5-2-1-3-6-17/h1-3,5-6,8-9,15,19,24-25H,4,7,10-14H2,(H,26,27). The predicted molar refractivity (Wildman–Crippen MR) is 104 cm³/mol. The van der Waals surface area contributed by atoms with Crippen LogP contribution in [0.4, 0.5) is 5.69 Å². The summed E-state index contributed by atoms with van der Waals surface area (Å²) in [7, 11) is 0. The van der Waals surface area contributed by atoms with Gasteiger partial charge in [0.15, 0.2) is 0 Å². The molecule has 6 nitrogen and oxygen atoms in total. The van der Waals surface area contributed by atoms with Gasteiger partial charge in [0.25, 0.3) is 0 Å². The Morgan fingerprint density at radius 3 is 2.41 bits per heavy atom. The number of benzene rings is 2. The number of carboxylic acid groups (broad SMARTS) is 1. The molecule has 1 aliphatic heterocycles. The zero-order valence-electron chi connectivity index (χ0n) is 15.3. The van der Waals surface area contributed by atoms with Crippen molar-refractivity contribution >= 4 is 11.7 Å². The molecular formula is C21H26N2O4. The monoisotopic (exact) mass is 370 g/mol. The fraction of sp³-hybridized carbons (Fsp3) is 0.381. The maximum Gasteiger partial charge on any atom is 0.339 e. The average Bonchev–Trinajstić information content (AvgIpc) is 2.69. The molecule has 27 heavy (non-hydrogen) atoms. The molecule has 1 heterocycles. The fourth-order valence-corrected chi connectivity index (χ4v) is 3.48. The van der Waals surface area contributed by atoms with Crippen LogP contribution in [-0.4, -0.2) is 58.9 Å². The molecule has 144 valence electrons. The second-order valence-corrected chi connectivity index (χ2v) is 6.90. The molecule has 1 unspecified atom stereocenters. The van der Waals surface area contributed by atoms with Crippen molar-refractivity contribution in [2.24, 2.45) is 0 Å². The highest BCUT2D eigenvalue weighted by Gasteiger charge is 2.18. The van der Waals surface area contributed by atoms with Crippen molar-refractivity contribution in [1.82, 2.24) is 4.90 Å². The van der Waals surface area contributed by atoms with Gasteiger partial charge in [0.1, 0.15) is 11.3 Å². The number of aromatic carboxylic acids is 1. The molecule has 1 saturated heterocycles. The van der Waals surface area contributed by atoms with Gasteiger partial charge in [-0.2, -0.15) is 0 Å². The number of carbonyl (C=O) groups is 1. The molecule has 0 spiro atoms. The van der Waals surface area contributed by atoms with Crippen LogP contribution in [0, 0.1) is 0 Å². The Morgan fingerprint density at radius 1 is 1.04 bits per heavy atom. The maximum absolute atomic E-state index is 11.1. The number of hydrogen-bond donors (Lipinski definition) is 3. The van der Waals surface area contributed by atoms with Gasteiger partial charge in [-0.25, -0.2) is 4.79 Å². The molecule has 0 aromatic heterocycles. The van der Waals surface area contributed by atoms with Gasteiger partial charge in [-0.15, -0.1) is 0 Å². The molecular weight excluding hydrogens is 344 g/mol. The molecule has 2 aromatic rings. The first-order valence-corrected chi connectivity index (χ1v) is 9.31. The molecule has 0 saturated carbocycles. The first-order valence-electron chi connectivity index (χ1n) is 9.31. The van der Waals surface area contributed by atoms with Gasteiger partial charge in [0.05, 0.1) is 6.10 Å². The number of nitrogens with zero attached hydrogens (tertiary/aromatic N) is 2. The molecule has 0 aliphatic carbocycles. The third kappa shape index (κ3) is 4.99. The van der Waals surface area contributed by atoms with Gasteiger partial charge >= 0.3 is 5.97 Å². The lowest BCUT2D eigenvalue weighted by molar-refractivity contribution is 0.0693. The number of phenols is 1. The smallest absolute Gasteiger partial charge is 0.339 e. The summed E-state index contributed by atoms with van der Waals surface area (Å²) >= 11 is 0. The summed E-state index contributed by atoms with van der Waals surface area (Å²) in [6.07, 6.45) is 0.660. The van der Waals surface area contributed by atoms with Crippen LogP contribution in [0.2, 0.25) is 0 Å². The van der Waals surface area contributed by atoms with E-state index in [4.69, 9.17) is 5.11 Å². The fourth-order valence-electron chi connectivity index (χ4n) is 3.48. The van der Waals surface area contributed by atoms with Gasteiger partial charge in [-0.1, -0.05) is 24.3 Å². The second kappa shape index (κ2) is 8.88. The number of carboxylic acids is 1. The van der Waals surface area contributed by atoms with Crippen LogP contribution >= 0.6 is 0 Å². The van der Waals surface area contributed by atoms with E-state index in [0.717, 1.165) is 39.1 Å². The number of aromatic hydroxyl groups is 1. The molecule has 0 bridgehead atoms. The molecule has 0 amide bonds. The van der Waals surface area contributed by atoms with Crippen molar-refractivity contribution in [1.29, 1.82) is 0 Å². The summed E-state index contributed by atoms with van der Waals surface area (Å²) in [5.74, 6) is -1.48. The summed E-state index contributed by atoms with van der Waals surface area (Å²) in [5, 5.41) is 29.0. The Bertz CT molecular complexity index is 758. The van der Waals surface area contributed by atoms with Gasteiger partial charge in [-0.05, 0) is 49.2 Å². The van der Waals surface area contributed by atoms with Crippen LogP contribution in [0.25, 0.3) is 0 Å². The van der Waals surface area contributed by atoms with E-state index in [1.807, 2.05) is 6.07 Å². The number of aliphatic hydroxyl groups is 1. The molecule has 2 aromatic carbocycles. The Balaban J connectivity index is 1.44. The SMILES string of the molecule is O=C(O)c1cc(C(O)CCCN2CCN(c3ccccc3)CC2)ccc1O. The summed E-state index contributed by atoms with van der Waals surface area (Å²) in [6, 6.07) is 14.7. The largest absolute Gasteiger partial charge is 0.507 e. The Morgan fingerprint density at radius 2 is 1.74 bits per heavy atom. The van der Waals surface area contributed by atoms with E-state index in [1.54, 1.807) is 6.07 Å². The van der Waals surface area contributed by atoms with Crippen LogP contribution in [0.1, 0.15) is 34.9 Å². The van der Waals surface area contributed by atoms with Crippen LogP contribution < -0.4 is 4.90 Å². The van der Waals surface area contributed by atoms with Crippen LogP contribution in [0.15, 0.2) is 48.5 Å². The number of hydrogen-bond acceptors (Lipinski definition) is 5. The van der Waals surface area contributed by atoms with Crippen LogP contribution in [-0.2, 0) is 0 Å². The van der Waals surface area contributed by atoms with Gasteiger partial charge in [0, 0.05) is 31.9 Å². The van der Waals surface area contributed by atoms with Crippen LogP contribution in [0.3, 0.4) is 0 Å². The van der Waals surface area contributed by atoms with E-state index in [2.05, 4.69) is 34.1 Å². The predicted octanol–water partition coefficient (Wildman–Crippen LogP) is 2.73. The molecule has 3 rings (SSSR count). The third-order valence-electron chi connectivity index (χ3n) is 5.08. The molecule has 6 heteroatoms. The molecule has 1 atom stereocenters. The van der Waals surface area contributed by atoms with Crippen molar-refractivity contribution in [2.75, 3.05) is 37.6 Å². The quantitative estimate of drug-likeness (QED) is 0.695. The topological polar surface area (TPSA) is 84.2 Å². The van der Waals surface area contributed by atoms with Gasteiger partial charge in [-0.3, -0.25) is 4.90 Å². The molecule has 0 radical (unpaired) electrons. The van der Waals surface area contributed by atoms with E-state index >= 15 is 0 Å². The minimum atomic E-state index is -1.20. The molecule has 1 aliphatic rings. The highest BCUT2D eigenvalue weighted by molar-refractivity contribution is 5.90. The first kappa shape index (κ1) is 19.2. The van der Waals surface area contributed by atoms with E-state index in [9.17, 15) is 15.0 Å². The highest BCUT2D eigenvalue weighted by atomic mass is 16.4. The van der Waals surface area contributed by atoms with Crippen molar-refractivity contribution in [3.63, 3.8) is 0 Å². The summed E-state index contributed by atoms with van der Waals surface area (Å²) in [5.41, 5.74) is 1.61. The van der Waals surface area contributed by atoms with Crippen molar-refractivity contribution in [2.45, 2.75) is 18.9 Å². The molecule has 3 N–H and O–H groups in total. The lowest BCUT2D eigenvalue weighted by Gasteiger charge is -2.36.